The van der Waals surface area contributed by atoms with Gasteiger partial charge in [-0.05, 0) is 37.7 Å². The molecule has 0 unspecified atom stereocenters. The van der Waals surface area contributed by atoms with Crippen molar-refractivity contribution in [3.8, 4) is 11.5 Å². The summed E-state index contributed by atoms with van der Waals surface area (Å²) >= 11 is 0. The van der Waals surface area contributed by atoms with Crippen LogP contribution in [0.1, 0.15) is 12.0 Å². The van der Waals surface area contributed by atoms with E-state index in [9.17, 15) is 4.79 Å². The van der Waals surface area contributed by atoms with Gasteiger partial charge in [0.15, 0.2) is 11.5 Å². The molecule has 19 heavy (non-hydrogen) atoms. The number of hydrogen-bond donors (Lipinski definition) is 2. The molecule has 5 heteroatoms. The van der Waals surface area contributed by atoms with Crippen LogP contribution in [0.3, 0.4) is 0 Å². The van der Waals surface area contributed by atoms with E-state index in [-0.39, 0.29) is 5.91 Å². The lowest BCUT2D eigenvalue weighted by molar-refractivity contribution is -0.120. The molecule has 0 saturated carbocycles. The molecule has 1 amide bonds. The number of methoxy groups -OCH3 is 2. The lowest BCUT2D eigenvalue weighted by Gasteiger charge is -2.10. The predicted molar refractivity (Wildman–Crippen MR) is 74.8 cm³/mol. The minimum Gasteiger partial charge on any atom is -0.493 e. The molecule has 0 fully saturated rings. The summed E-state index contributed by atoms with van der Waals surface area (Å²) in [6.45, 7) is 1.59. The summed E-state index contributed by atoms with van der Waals surface area (Å²) in [6.07, 6.45) is 1.27. The lowest BCUT2D eigenvalue weighted by atomic mass is 10.1. The van der Waals surface area contributed by atoms with Crippen LogP contribution in [0.5, 0.6) is 11.5 Å². The zero-order chi connectivity index (χ0) is 14.1. The van der Waals surface area contributed by atoms with Crippen molar-refractivity contribution in [1.82, 2.24) is 10.6 Å². The molecule has 0 heterocycles. The van der Waals surface area contributed by atoms with E-state index in [0.717, 1.165) is 18.5 Å². The van der Waals surface area contributed by atoms with Crippen molar-refractivity contribution in [3.63, 3.8) is 0 Å². The number of hydrogen-bond acceptors (Lipinski definition) is 4. The molecule has 1 rings (SSSR count). The van der Waals surface area contributed by atoms with Gasteiger partial charge in [0.25, 0.3) is 0 Å². The van der Waals surface area contributed by atoms with E-state index in [1.54, 1.807) is 14.2 Å². The second-order valence-corrected chi connectivity index (χ2v) is 4.17. The second-order valence-electron chi connectivity index (χ2n) is 4.17. The van der Waals surface area contributed by atoms with Gasteiger partial charge in [0.1, 0.15) is 0 Å². The monoisotopic (exact) mass is 266 g/mol. The lowest BCUT2D eigenvalue weighted by Crippen LogP contribution is -2.27. The highest BCUT2D eigenvalue weighted by molar-refractivity contribution is 5.78. The number of amides is 1. The Balaban J connectivity index is 2.50. The van der Waals surface area contributed by atoms with Crippen molar-refractivity contribution >= 4 is 5.91 Å². The Bertz CT molecular complexity index is 408. The zero-order valence-electron chi connectivity index (χ0n) is 11.8. The Labute approximate surface area is 114 Å². The van der Waals surface area contributed by atoms with Crippen LogP contribution in [0.15, 0.2) is 18.2 Å². The first kappa shape index (κ1) is 15.3. The molecular weight excluding hydrogens is 244 g/mol. The summed E-state index contributed by atoms with van der Waals surface area (Å²) in [5.41, 5.74) is 0.906. The molecule has 0 saturated heterocycles. The second kappa shape index (κ2) is 8.37. The molecule has 0 atom stereocenters. The Kier molecular flexibility index (Phi) is 6.74. The van der Waals surface area contributed by atoms with Crippen molar-refractivity contribution in [2.75, 3.05) is 34.4 Å². The highest BCUT2D eigenvalue weighted by atomic mass is 16.5. The van der Waals surface area contributed by atoms with E-state index < -0.39 is 0 Å². The molecule has 0 bridgehead atoms. The first-order valence-electron chi connectivity index (χ1n) is 6.33. The van der Waals surface area contributed by atoms with Crippen LogP contribution in [-0.2, 0) is 11.2 Å². The SMILES string of the molecule is CNCCCNC(=O)Cc1ccc(OC)c(OC)c1. The van der Waals surface area contributed by atoms with Gasteiger partial charge in [-0.3, -0.25) is 4.79 Å². The molecule has 0 aliphatic carbocycles. The number of rotatable bonds is 8. The normalized spacial score (nSPS) is 10.1. The molecule has 1 aromatic rings. The summed E-state index contributed by atoms with van der Waals surface area (Å²) in [4.78, 5) is 11.7. The van der Waals surface area contributed by atoms with Gasteiger partial charge >= 0.3 is 0 Å². The average Bonchev–Trinajstić information content (AvgIpc) is 2.43. The minimum absolute atomic E-state index is 0.0170. The topological polar surface area (TPSA) is 59.6 Å². The predicted octanol–water partition coefficient (Wildman–Crippen LogP) is 0.972. The number of benzene rings is 1. The molecular formula is C14H22N2O3. The third-order valence-electron chi connectivity index (χ3n) is 2.74. The fourth-order valence-corrected chi connectivity index (χ4v) is 1.73. The molecule has 2 N–H and O–H groups in total. The van der Waals surface area contributed by atoms with Crippen LogP contribution in [0, 0.1) is 0 Å². The van der Waals surface area contributed by atoms with Crippen molar-refractivity contribution in [1.29, 1.82) is 0 Å². The van der Waals surface area contributed by atoms with Crippen LogP contribution >= 0.6 is 0 Å². The zero-order valence-corrected chi connectivity index (χ0v) is 11.8. The van der Waals surface area contributed by atoms with E-state index in [4.69, 9.17) is 9.47 Å². The average molecular weight is 266 g/mol. The number of nitrogens with one attached hydrogen (secondary N) is 2. The van der Waals surface area contributed by atoms with Gasteiger partial charge in [-0.1, -0.05) is 6.07 Å². The Morgan fingerprint density at radius 3 is 2.53 bits per heavy atom. The van der Waals surface area contributed by atoms with E-state index in [2.05, 4.69) is 10.6 Å². The van der Waals surface area contributed by atoms with Crippen molar-refractivity contribution in [2.24, 2.45) is 0 Å². The first-order valence-corrected chi connectivity index (χ1v) is 6.33. The number of carbonyl (C=O) groups excluding carboxylic acids is 1. The molecule has 0 aliphatic heterocycles. The standard InChI is InChI=1S/C14H22N2O3/c1-15-7-4-8-16-14(17)10-11-5-6-12(18-2)13(9-11)19-3/h5-6,9,15H,4,7-8,10H2,1-3H3,(H,16,17). The molecule has 106 valence electrons. The molecule has 0 aliphatic rings. The maximum atomic E-state index is 11.7. The van der Waals surface area contributed by atoms with Crippen LogP contribution in [0.25, 0.3) is 0 Å². The maximum absolute atomic E-state index is 11.7. The summed E-state index contributed by atoms with van der Waals surface area (Å²) in [5.74, 6) is 1.33. The van der Waals surface area contributed by atoms with Crippen molar-refractivity contribution < 1.29 is 14.3 Å². The summed E-state index contributed by atoms with van der Waals surface area (Å²) in [6, 6.07) is 5.50. The van der Waals surface area contributed by atoms with Crippen molar-refractivity contribution in [2.45, 2.75) is 12.8 Å². The van der Waals surface area contributed by atoms with Gasteiger partial charge in [0.05, 0.1) is 20.6 Å². The third-order valence-corrected chi connectivity index (χ3v) is 2.74. The van der Waals surface area contributed by atoms with Gasteiger partial charge < -0.3 is 20.1 Å². The number of carbonyl (C=O) groups is 1. The van der Waals surface area contributed by atoms with Gasteiger partial charge in [0.2, 0.25) is 5.91 Å². The minimum atomic E-state index is 0.0170. The molecule has 1 aromatic carbocycles. The Hall–Kier alpha value is -1.75. The largest absolute Gasteiger partial charge is 0.493 e. The van der Waals surface area contributed by atoms with Crippen LogP contribution in [-0.4, -0.2) is 40.3 Å². The first-order chi connectivity index (χ1) is 9.21. The molecule has 0 aromatic heterocycles. The Morgan fingerprint density at radius 1 is 1.16 bits per heavy atom. The quantitative estimate of drug-likeness (QED) is 0.688. The summed E-state index contributed by atoms with van der Waals surface area (Å²) in [7, 11) is 5.07. The summed E-state index contributed by atoms with van der Waals surface area (Å²) < 4.78 is 10.4. The van der Waals surface area contributed by atoms with E-state index >= 15 is 0 Å². The van der Waals surface area contributed by atoms with Crippen LogP contribution < -0.4 is 20.1 Å². The van der Waals surface area contributed by atoms with Gasteiger partial charge in [-0.15, -0.1) is 0 Å². The summed E-state index contributed by atoms with van der Waals surface area (Å²) in [5, 5.41) is 5.92. The van der Waals surface area contributed by atoms with Gasteiger partial charge in [-0.2, -0.15) is 0 Å². The fraction of sp³-hybridized carbons (Fsp3) is 0.500. The van der Waals surface area contributed by atoms with Crippen LogP contribution in [0.4, 0.5) is 0 Å². The van der Waals surface area contributed by atoms with Gasteiger partial charge in [-0.25, -0.2) is 0 Å². The third kappa shape index (κ3) is 5.18. The highest BCUT2D eigenvalue weighted by Crippen LogP contribution is 2.27. The smallest absolute Gasteiger partial charge is 0.224 e. The van der Waals surface area contributed by atoms with Crippen molar-refractivity contribution in [3.05, 3.63) is 23.8 Å². The molecule has 5 nitrogen and oxygen atoms in total. The van der Waals surface area contributed by atoms with E-state index in [1.165, 1.54) is 0 Å². The highest BCUT2D eigenvalue weighted by Gasteiger charge is 2.07. The van der Waals surface area contributed by atoms with E-state index in [0.29, 0.717) is 24.5 Å². The van der Waals surface area contributed by atoms with E-state index in [1.807, 2.05) is 25.2 Å². The van der Waals surface area contributed by atoms with Crippen LogP contribution in [0.2, 0.25) is 0 Å². The maximum Gasteiger partial charge on any atom is 0.224 e. The molecule has 0 radical (unpaired) electrons. The fourth-order valence-electron chi connectivity index (χ4n) is 1.73. The Morgan fingerprint density at radius 2 is 1.89 bits per heavy atom. The molecule has 0 spiro atoms. The number of ether oxygens (including phenoxy) is 2. The van der Waals surface area contributed by atoms with Gasteiger partial charge in [0, 0.05) is 6.54 Å².